The van der Waals surface area contributed by atoms with E-state index in [4.69, 9.17) is 10.4 Å². The van der Waals surface area contributed by atoms with Gasteiger partial charge < -0.3 is 10.4 Å². The van der Waals surface area contributed by atoms with Gasteiger partial charge in [0.25, 0.3) is 0 Å². The Labute approximate surface area is 114 Å². The summed E-state index contributed by atoms with van der Waals surface area (Å²) in [6.07, 6.45) is 1.78. The molecule has 0 heterocycles. The van der Waals surface area contributed by atoms with E-state index in [1.165, 1.54) is 12.1 Å². The van der Waals surface area contributed by atoms with Crippen molar-refractivity contribution < 1.29 is 9.50 Å². The number of hydrogen-bond acceptors (Lipinski definition) is 3. The summed E-state index contributed by atoms with van der Waals surface area (Å²) < 4.78 is 13.5. The topological polar surface area (TPSA) is 56.0 Å². The maximum Gasteiger partial charge on any atom is 0.141 e. The molecule has 0 aliphatic heterocycles. The molecule has 104 valence electrons. The van der Waals surface area contributed by atoms with Crippen molar-refractivity contribution in [3.63, 3.8) is 0 Å². The lowest BCUT2D eigenvalue weighted by molar-refractivity contribution is 0.249. The largest absolute Gasteiger partial charge is 0.396 e. The van der Waals surface area contributed by atoms with Gasteiger partial charge in [-0.15, -0.1) is 0 Å². The van der Waals surface area contributed by atoms with Crippen LogP contribution in [0.4, 0.5) is 4.39 Å². The quantitative estimate of drug-likeness (QED) is 0.796. The first kappa shape index (κ1) is 15.6. The highest BCUT2D eigenvalue weighted by Gasteiger charge is 2.11. The Morgan fingerprint density at radius 3 is 2.74 bits per heavy atom. The van der Waals surface area contributed by atoms with Gasteiger partial charge in [0.05, 0.1) is 5.56 Å². The summed E-state index contributed by atoms with van der Waals surface area (Å²) in [6, 6.07) is 6.52. The van der Waals surface area contributed by atoms with E-state index in [9.17, 15) is 4.39 Å². The molecule has 1 rings (SSSR count). The Bertz CT molecular complexity index is 442. The van der Waals surface area contributed by atoms with Crippen molar-refractivity contribution in [2.75, 3.05) is 13.2 Å². The van der Waals surface area contributed by atoms with Gasteiger partial charge in [0.15, 0.2) is 0 Å². The van der Waals surface area contributed by atoms with Crippen molar-refractivity contribution in [3.8, 4) is 6.07 Å². The minimum atomic E-state index is -0.476. The Kier molecular flexibility index (Phi) is 6.48. The van der Waals surface area contributed by atoms with E-state index in [2.05, 4.69) is 12.2 Å². The van der Waals surface area contributed by atoms with Crippen LogP contribution in [0, 0.1) is 23.1 Å². The van der Waals surface area contributed by atoms with E-state index in [1.807, 2.05) is 13.0 Å². The molecule has 0 radical (unpaired) electrons. The zero-order valence-corrected chi connectivity index (χ0v) is 11.5. The van der Waals surface area contributed by atoms with Crippen molar-refractivity contribution in [2.24, 2.45) is 5.92 Å². The lowest BCUT2D eigenvalue weighted by Gasteiger charge is -2.19. The molecular weight excluding hydrogens is 243 g/mol. The van der Waals surface area contributed by atoms with E-state index >= 15 is 0 Å². The molecule has 2 unspecified atom stereocenters. The number of nitrogens with zero attached hydrogens (tertiary/aromatic N) is 1. The monoisotopic (exact) mass is 264 g/mol. The zero-order chi connectivity index (χ0) is 14.3. The number of nitrogens with one attached hydrogen (secondary N) is 1. The Morgan fingerprint density at radius 1 is 1.47 bits per heavy atom. The molecule has 4 heteroatoms. The van der Waals surface area contributed by atoms with Gasteiger partial charge in [-0.05, 0) is 43.5 Å². The summed E-state index contributed by atoms with van der Waals surface area (Å²) >= 11 is 0. The number of aliphatic hydroxyl groups excluding tert-OH is 1. The summed E-state index contributed by atoms with van der Waals surface area (Å²) in [5.74, 6) is -0.0493. The number of aliphatic hydroxyl groups is 1. The van der Waals surface area contributed by atoms with Crippen LogP contribution in [0.1, 0.15) is 43.9 Å². The molecule has 0 bridgehead atoms. The second kappa shape index (κ2) is 7.88. The lowest BCUT2D eigenvalue weighted by atomic mass is 10.0. The average Bonchev–Trinajstić information content (AvgIpc) is 2.42. The molecule has 1 aromatic rings. The molecule has 2 N–H and O–H groups in total. The molecule has 0 saturated carbocycles. The number of benzene rings is 1. The number of hydrogen-bond donors (Lipinski definition) is 2. The number of nitriles is 1. The maximum atomic E-state index is 13.5. The molecule has 0 saturated heterocycles. The fourth-order valence-electron chi connectivity index (χ4n) is 1.99. The van der Waals surface area contributed by atoms with Gasteiger partial charge in [0, 0.05) is 12.6 Å². The van der Waals surface area contributed by atoms with Crippen LogP contribution in [0.25, 0.3) is 0 Å². The maximum absolute atomic E-state index is 13.5. The molecule has 2 atom stereocenters. The van der Waals surface area contributed by atoms with Crippen molar-refractivity contribution in [1.82, 2.24) is 5.32 Å². The molecule has 0 aliphatic carbocycles. The van der Waals surface area contributed by atoms with Crippen LogP contribution in [0.5, 0.6) is 0 Å². The Morgan fingerprint density at radius 2 is 2.21 bits per heavy atom. The SMILES string of the molecule is CCC(CCO)CNC(C)c1ccc(C#N)c(F)c1. The van der Waals surface area contributed by atoms with Gasteiger partial charge >= 0.3 is 0 Å². The Hall–Kier alpha value is -1.44. The first-order valence-corrected chi connectivity index (χ1v) is 6.66. The molecule has 0 amide bonds. The fraction of sp³-hybridized carbons (Fsp3) is 0.533. The van der Waals surface area contributed by atoms with E-state index < -0.39 is 5.82 Å². The summed E-state index contributed by atoms with van der Waals surface area (Å²) in [4.78, 5) is 0. The third-order valence-electron chi connectivity index (χ3n) is 3.44. The average molecular weight is 264 g/mol. The smallest absolute Gasteiger partial charge is 0.141 e. The van der Waals surface area contributed by atoms with E-state index in [1.54, 1.807) is 6.07 Å². The number of halogens is 1. The predicted molar refractivity (Wildman–Crippen MR) is 73.0 cm³/mol. The van der Waals surface area contributed by atoms with Crippen molar-refractivity contribution >= 4 is 0 Å². The first-order valence-electron chi connectivity index (χ1n) is 6.66. The number of rotatable bonds is 7. The third-order valence-corrected chi connectivity index (χ3v) is 3.44. The summed E-state index contributed by atoms with van der Waals surface area (Å²) in [5.41, 5.74) is 0.901. The lowest BCUT2D eigenvalue weighted by Crippen LogP contribution is -2.26. The normalized spacial score (nSPS) is 13.8. The van der Waals surface area contributed by atoms with Gasteiger partial charge in [-0.3, -0.25) is 0 Å². The second-order valence-corrected chi connectivity index (χ2v) is 4.77. The van der Waals surface area contributed by atoms with Gasteiger partial charge in [0.1, 0.15) is 11.9 Å². The highest BCUT2D eigenvalue weighted by molar-refractivity contribution is 5.34. The van der Waals surface area contributed by atoms with E-state index in [0.717, 1.165) is 24.9 Å². The van der Waals surface area contributed by atoms with Crippen molar-refractivity contribution in [3.05, 3.63) is 35.1 Å². The second-order valence-electron chi connectivity index (χ2n) is 4.77. The third kappa shape index (κ3) is 4.62. The standard InChI is InChI=1S/C15H21FN2O/c1-3-12(6-7-19)10-18-11(2)13-4-5-14(9-17)15(16)8-13/h4-5,8,11-12,18-19H,3,6-7,10H2,1-2H3. The molecular formula is C15H21FN2O. The molecule has 3 nitrogen and oxygen atoms in total. The molecule has 0 aromatic heterocycles. The summed E-state index contributed by atoms with van der Waals surface area (Å²) in [6.45, 7) is 5.04. The first-order chi connectivity index (χ1) is 9.12. The fourth-order valence-corrected chi connectivity index (χ4v) is 1.99. The van der Waals surface area contributed by atoms with Crippen molar-refractivity contribution in [1.29, 1.82) is 5.26 Å². The summed E-state index contributed by atoms with van der Waals surface area (Å²) in [5, 5.41) is 21.0. The van der Waals surface area contributed by atoms with Gasteiger partial charge in [0.2, 0.25) is 0 Å². The van der Waals surface area contributed by atoms with Gasteiger partial charge in [-0.25, -0.2) is 4.39 Å². The molecule has 0 fully saturated rings. The van der Waals surface area contributed by atoms with Crippen LogP contribution in [0.15, 0.2) is 18.2 Å². The van der Waals surface area contributed by atoms with Crippen LogP contribution >= 0.6 is 0 Å². The highest BCUT2D eigenvalue weighted by atomic mass is 19.1. The van der Waals surface area contributed by atoms with Crippen LogP contribution in [0.3, 0.4) is 0 Å². The van der Waals surface area contributed by atoms with Crippen LogP contribution in [-0.2, 0) is 0 Å². The molecule has 1 aromatic carbocycles. The minimum absolute atomic E-state index is 0.0231. The Balaban J connectivity index is 2.61. The van der Waals surface area contributed by atoms with Crippen LogP contribution in [0.2, 0.25) is 0 Å². The predicted octanol–water partition coefficient (Wildman–Crippen LogP) is 2.76. The van der Waals surface area contributed by atoms with Gasteiger partial charge in [-0.2, -0.15) is 5.26 Å². The van der Waals surface area contributed by atoms with Crippen LogP contribution < -0.4 is 5.32 Å². The van der Waals surface area contributed by atoms with Crippen LogP contribution in [-0.4, -0.2) is 18.3 Å². The van der Waals surface area contributed by atoms with Crippen molar-refractivity contribution in [2.45, 2.75) is 32.7 Å². The van der Waals surface area contributed by atoms with E-state index in [-0.39, 0.29) is 18.2 Å². The molecule has 0 spiro atoms. The highest BCUT2D eigenvalue weighted by Crippen LogP contribution is 2.17. The molecule has 19 heavy (non-hydrogen) atoms. The van der Waals surface area contributed by atoms with E-state index in [0.29, 0.717) is 5.92 Å². The summed E-state index contributed by atoms with van der Waals surface area (Å²) in [7, 11) is 0. The zero-order valence-electron chi connectivity index (χ0n) is 11.5. The minimum Gasteiger partial charge on any atom is -0.396 e. The van der Waals surface area contributed by atoms with Gasteiger partial charge in [-0.1, -0.05) is 19.4 Å². The molecule has 0 aliphatic rings.